The van der Waals surface area contributed by atoms with Crippen molar-refractivity contribution in [1.29, 1.82) is 0 Å². The average Bonchev–Trinajstić information content (AvgIpc) is 2.49. The SMILES string of the molecule is C[C@@H](NC(=O)c1ccccc1CCN)c1ccccn1. The van der Waals surface area contributed by atoms with E-state index in [0.717, 1.165) is 11.3 Å². The fourth-order valence-corrected chi connectivity index (χ4v) is 2.10. The van der Waals surface area contributed by atoms with Crippen LogP contribution in [0.2, 0.25) is 0 Å². The van der Waals surface area contributed by atoms with Gasteiger partial charge >= 0.3 is 0 Å². The first kappa shape index (κ1) is 14.2. The zero-order valence-electron chi connectivity index (χ0n) is 11.5. The Morgan fingerprint density at radius 2 is 2.00 bits per heavy atom. The standard InChI is InChI=1S/C16H19N3O/c1-12(15-8-4-5-11-18-15)19-16(20)14-7-3-2-6-13(14)9-10-17/h2-8,11-12H,9-10,17H2,1H3,(H,19,20)/t12-/m1/s1. The number of nitrogens with zero attached hydrogens (tertiary/aromatic N) is 1. The molecule has 0 aliphatic heterocycles. The fourth-order valence-electron chi connectivity index (χ4n) is 2.10. The van der Waals surface area contributed by atoms with Crippen LogP contribution in [0.5, 0.6) is 0 Å². The molecule has 0 fully saturated rings. The van der Waals surface area contributed by atoms with Gasteiger partial charge in [-0.3, -0.25) is 9.78 Å². The Morgan fingerprint density at radius 1 is 1.25 bits per heavy atom. The number of rotatable bonds is 5. The molecule has 0 saturated carbocycles. The minimum absolute atomic E-state index is 0.0906. The van der Waals surface area contributed by atoms with Gasteiger partial charge in [-0.2, -0.15) is 0 Å². The number of hydrogen-bond acceptors (Lipinski definition) is 3. The Morgan fingerprint density at radius 3 is 2.70 bits per heavy atom. The molecule has 1 aromatic carbocycles. The van der Waals surface area contributed by atoms with Gasteiger partial charge in [0, 0.05) is 11.8 Å². The molecule has 0 unspecified atom stereocenters. The number of benzene rings is 1. The maximum atomic E-state index is 12.3. The molecule has 4 heteroatoms. The van der Waals surface area contributed by atoms with Crippen molar-refractivity contribution in [2.45, 2.75) is 19.4 Å². The summed E-state index contributed by atoms with van der Waals surface area (Å²) in [5.41, 5.74) is 8.08. The van der Waals surface area contributed by atoms with Crippen molar-refractivity contribution in [3.05, 3.63) is 65.5 Å². The fraction of sp³-hybridized carbons (Fsp3) is 0.250. The van der Waals surface area contributed by atoms with Gasteiger partial charge in [-0.15, -0.1) is 0 Å². The summed E-state index contributed by atoms with van der Waals surface area (Å²) in [5, 5.41) is 2.97. The maximum absolute atomic E-state index is 12.3. The number of hydrogen-bond donors (Lipinski definition) is 2. The van der Waals surface area contributed by atoms with Crippen LogP contribution in [0.3, 0.4) is 0 Å². The van der Waals surface area contributed by atoms with Crippen LogP contribution in [0.4, 0.5) is 0 Å². The van der Waals surface area contributed by atoms with Crippen molar-refractivity contribution >= 4 is 5.91 Å². The first-order valence-electron chi connectivity index (χ1n) is 6.72. The van der Waals surface area contributed by atoms with E-state index in [2.05, 4.69) is 10.3 Å². The van der Waals surface area contributed by atoms with Crippen LogP contribution >= 0.6 is 0 Å². The topological polar surface area (TPSA) is 68.0 Å². The highest BCUT2D eigenvalue weighted by molar-refractivity contribution is 5.95. The molecule has 1 atom stereocenters. The summed E-state index contributed by atoms with van der Waals surface area (Å²) in [7, 11) is 0. The zero-order valence-corrected chi connectivity index (χ0v) is 11.5. The maximum Gasteiger partial charge on any atom is 0.252 e. The monoisotopic (exact) mass is 269 g/mol. The van der Waals surface area contributed by atoms with Crippen molar-refractivity contribution in [3.8, 4) is 0 Å². The third-order valence-corrected chi connectivity index (χ3v) is 3.15. The molecule has 1 amide bonds. The Labute approximate surface area is 119 Å². The Kier molecular flexibility index (Phi) is 4.85. The van der Waals surface area contributed by atoms with Crippen LogP contribution < -0.4 is 11.1 Å². The third kappa shape index (κ3) is 3.42. The number of aromatic nitrogens is 1. The lowest BCUT2D eigenvalue weighted by Crippen LogP contribution is -2.28. The molecule has 2 rings (SSSR count). The van der Waals surface area contributed by atoms with Crippen molar-refractivity contribution in [3.63, 3.8) is 0 Å². The van der Waals surface area contributed by atoms with Crippen LogP contribution in [0.1, 0.15) is 34.6 Å². The van der Waals surface area contributed by atoms with E-state index >= 15 is 0 Å². The van der Waals surface area contributed by atoms with Gasteiger partial charge in [0.15, 0.2) is 0 Å². The van der Waals surface area contributed by atoms with E-state index in [0.29, 0.717) is 18.5 Å². The molecule has 1 aromatic heterocycles. The van der Waals surface area contributed by atoms with Gasteiger partial charge in [0.2, 0.25) is 0 Å². The average molecular weight is 269 g/mol. The molecule has 0 saturated heterocycles. The molecule has 0 bridgehead atoms. The second-order valence-electron chi connectivity index (χ2n) is 4.65. The van der Waals surface area contributed by atoms with Gasteiger partial charge in [-0.05, 0) is 43.7 Å². The molecule has 20 heavy (non-hydrogen) atoms. The lowest BCUT2D eigenvalue weighted by molar-refractivity contribution is 0.0938. The van der Waals surface area contributed by atoms with E-state index in [4.69, 9.17) is 5.73 Å². The van der Waals surface area contributed by atoms with Gasteiger partial charge in [-0.25, -0.2) is 0 Å². The molecule has 0 radical (unpaired) electrons. The first-order chi connectivity index (χ1) is 9.72. The summed E-state index contributed by atoms with van der Waals surface area (Å²) in [6.07, 6.45) is 2.42. The summed E-state index contributed by atoms with van der Waals surface area (Å²) in [6.45, 7) is 2.45. The van der Waals surface area contributed by atoms with E-state index in [1.807, 2.05) is 49.4 Å². The summed E-state index contributed by atoms with van der Waals surface area (Å²) >= 11 is 0. The number of carbonyl (C=O) groups excluding carboxylic acids is 1. The highest BCUT2D eigenvalue weighted by Crippen LogP contribution is 2.13. The third-order valence-electron chi connectivity index (χ3n) is 3.15. The normalized spacial score (nSPS) is 11.9. The van der Waals surface area contributed by atoms with Crippen LogP contribution in [0, 0.1) is 0 Å². The van der Waals surface area contributed by atoms with Crippen molar-refractivity contribution < 1.29 is 4.79 Å². The Hall–Kier alpha value is -2.20. The molecular weight excluding hydrogens is 250 g/mol. The van der Waals surface area contributed by atoms with Crippen molar-refractivity contribution in [1.82, 2.24) is 10.3 Å². The number of amides is 1. The molecule has 4 nitrogen and oxygen atoms in total. The van der Waals surface area contributed by atoms with Crippen LogP contribution in [-0.2, 0) is 6.42 Å². The first-order valence-corrected chi connectivity index (χ1v) is 6.72. The molecule has 3 N–H and O–H groups in total. The second-order valence-corrected chi connectivity index (χ2v) is 4.65. The van der Waals surface area contributed by atoms with E-state index in [9.17, 15) is 4.79 Å². The predicted octanol–water partition coefficient (Wildman–Crippen LogP) is 2.07. The molecule has 104 valence electrons. The van der Waals surface area contributed by atoms with E-state index in [1.54, 1.807) is 6.20 Å². The summed E-state index contributed by atoms with van der Waals surface area (Å²) in [4.78, 5) is 16.6. The Bertz CT molecular complexity index is 569. The highest BCUT2D eigenvalue weighted by Gasteiger charge is 2.14. The summed E-state index contributed by atoms with van der Waals surface area (Å²) in [5.74, 6) is -0.0906. The van der Waals surface area contributed by atoms with Crippen molar-refractivity contribution in [2.24, 2.45) is 5.73 Å². The zero-order chi connectivity index (χ0) is 14.4. The number of carbonyl (C=O) groups is 1. The summed E-state index contributed by atoms with van der Waals surface area (Å²) in [6, 6.07) is 13.1. The predicted molar refractivity (Wildman–Crippen MR) is 79.3 cm³/mol. The quantitative estimate of drug-likeness (QED) is 0.873. The highest BCUT2D eigenvalue weighted by atomic mass is 16.1. The number of nitrogens with one attached hydrogen (secondary N) is 1. The van der Waals surface area contributed by atoms with Gasteiger partial charge in [0.1, 0.15) is 0 Å². The van der Waals surface area contributed by atoms with Gasteiger partial charge < -0.3 is 11.1 Å². The number of nitrogens with two attached hydrogens (primary N) is 1. The molecule has 0 spiro atoms. The summed E-state index contributed by atoms with van der Waals surface area (Å²) < 4.78 is 0. The van der Waals surface area contributed by atoms with Crippen LogP contribution in [-0.4, -0.2) is 17.4 Å². The minimum atomic E-state index is -0.130. The van der Waals surface area contributed by atoms with Crippen LogP contribution in [0.25, 0.3) is 0 Å². The van der Waals surface area contributed by atoms with E-state index < -0.39 is 0 Å². The second kappa shape index (κ2) is 6.82. The molecular formula is C16H19N3O. The van der Waals surface area contributed by atoms with Crippen LogP contribution in [0.15, 0.2) is 48.7 Å². The van der Waals surface area contributed by atoms with Gasteiger partial charge in [0.05, 0.1) is 11.7 Å². The smallest absolute Gasteiger partial charge is 0.252 e. The van der Waals surface area contributed by atoms with E-state index in [1.165, 1.54) is 0 Å². The largest absolute Gasteiger partial charge is 0.344 e. The lowest BCUT2D eigenvalue weighted by Gasteiger charge is -2.15. The Balaban J connectivity index is 2.12. The molecule has 0 aliphatic carbocycles. The van der Waals surface area contributed by atoms with E-state index in [-0.39, 0.29) is 11.9 Å². The molecule has 2 aromatic rings. The minimum Gasteiger partial charge on any atom is -0.344 e. The molecule has 0 aliphatic rings. The number of pyridine rings is 1. The molecule has 1 heterocycles. The lowest BCUT2D eigenvalue weighted by atomic mass is 10.0. The van der Waals surface area contributed by atoms with Crippen molar-refractivity contribution in [2.75, 3.05) is 6.54 Å². The van der Waals surface area contributed by atoms with Gasteiger partial charge in [-0.1, -0.05) is 24.3 Å². The van der Waals surface area contributed by atoms with Gasteiger partial charge in [0.25, 0.3) is 5.91 Å².